The highest BCUT2D eigenvalue weighted by molar-refractivity contribution is 5.98. The first-order valence-corrected chi connectivity index (χ1v) is 12.2. The average molecular weight is 445 g/mol. The van der Waals surface area contributed by atoms with Crippen molar-refractivity contribution in [3.63, 3.8) is 0 Å². The summed E-state index contributed by atoms with van der Waals surface area (Å²) in [7, 11) is 2.05. The summed E-state index contributed by atoms with van der Waals surface area (Å²) >= 11 is 0. The van der Waals surface area contributed by atoms with Gasteiger partial charge in [0.1, 0.15) is 5.82 Å². The molecule has 0 unspecified atom stereocenters. The minimum atomic E-state index is 0.100. The Balaban J connectivity index is 1.03. The van der Waals surface area contributed by atoms with E-state index in [1.54, 1.807) is 0 Å². The van der Waals surface area contributed by atoms with Gasteiger partial charge in [-0.3, -0.25) is 9.59 Å². The van der Waals surface area contributed by atoms with Crippen LogP contribution in [-0.2, 0) is 24.8 Å². The maximum absolute atomic E-state index is 12.7. The molecule has 1 aliphatic carbocycles. The van der Waals surface area contributed by atoms with E-state index in [1.165, 1.54) is 0 Å². The van der Waals surface area contributed by atoms with Gasteiger partial charge >= 0.3 is 0 Å². The second-order valence-electron chi connectivity index (χ2n) is 9.53. The van der Waals surface area contributed by atoms with Crippen LogP contribution in [0.15, 0.2) is 48.5 Å². The van der Waals surface area contributed by atoms with Crippen LogP contribution in [0.25, 0.3) is 11.0 Å². The van der Waals surface area contributed by atoms with Gasteiger partial charge in [0.05, 0.1) is 11.0 Å². The van der Waals surface area contributed by atoms with Crippen LogP contribution in [0.2, 0.25) is 0 Å². The van der Waals surface area contributed by atoms with Crippen molar-refractivity contribution in [2.45, 2.75) is 45.1 Å². The van der Waals surface area contributed by atoms with Crippen LogP contribution in [-0.4, -0.2) is 39.4 Å². The third kappa shape index (κ3) is 4.52. The smallest absolute Gasteiger partial charge is 0.254 e. The van der Waals surface area contributed by atoms with Crippen molar-refractivity contribution in [2.24, 2.45) is 18.9 Å². The van der Waals surface area contributed by atoms with E-state index in [4.69, 9.17) is 4.98 Å². The van der Waals surface area contributed by atoms with E-state index >= 15 is 0 Å². The maximum Gasteiger partial charge on any atom is 0.254 e. The van der Waals surface area contributed by atoms with E-state index in [2.05, 4.69) is 23.0 Å². The molecule has 2 amide bonds. The number of aryl methyl sites for hydroxylation is 2. The molecule has 33 heavy (non-hydrogen) atoms. The van der Waals surface area contributed by atoms with Gasteiger partial charge in [0.2, 0.25) is 5.91 Å². The fraction of sp³-hybridized carbons (Fsp3) is 0.444. The molecule has 6 nitrogen and oxygen atoms in total. The number of amides is 2. The molecule has 1 aliphatic heterocycles. The number of carbonyl (C=O) groups excluding carboxylic acids is 2. The Bertz CT molecular complexity index is 1160. The van der Waals surface area contributed by atoms with Crippen molar-refractivity contribution >= 4 is 22.8 Å². The van der Waals surface area contributed by atoms with Gasteiger partial charge in [-0.05, 0) is 61.8 Å². The first kappa shape index (κ1) is 21.7. The zero-order chi connectivity index (χ0) is 22.8. The molecule has 0 bridgehead atoms. The fourth-order valence-electron chi connectivity index (χ4n) is 5.40. The number of imidazole rings is 1. The summed E-state index contributed by atoms with van der Waals surface area (Å²) in [5.74, 6) is 1.99. The van der Waals surface area contributed by atoms with Crippen molar-refractivity contribution in [3.8, 4) is 0 Å². The topological polar surface area (TPSA) is 67.2 Å². The minimum absolute atomic E-state index is 0.100. The molecule has 1 fully saturated rings. The minimum Gasteiger partial charge on any atom is -0.356 e. The normalized spacial score (nSPS) is 20.3. The van der Waals surface area contributed by atoms with Crippen LogP contribution in [0.5, 0.6) is 0 Å². The van der Waals surface area contributed by atoms with Gasteiger partial charge in [0, 0.05) is 44.6 Å². The summed E-state index contributed by atoms with van der Waals surface area (Å²) in [6.07, 6.45) is 5.59. The fourth-order valence-corrected chi connectivity index (χ4v) is 5.40. The summed E-state index contributed by atoms with van der Waals surface area (Å²) in [6.45, 7) is 2.21. The third-order valence-corrected chi connectivity index (χ3v) is 7.35. The molecule has 0 spiro atoms. The molecule has 2 aliphatic rings. The molecule has 1 aromatic heterocycles. The number of nitrogens with zero attached hydrogens (tertiary/aromatic N) is 3. The SMILES string of the molecule is Cn1c(CCCNC(=O)C2CCC(CN3Cc4ccccc4C3=O)CC2)nc2ccccc21. The average Bonchev–Trinajstić information content (AvgIpc) is 3.33. The molecule has 172 valence electrons. The molecular weight excluding hydrogens is 412 g/mol. The number of fused-ring (bicyclic) bond motifs is 2. The number of benzene rings is 2. The largest absolute Gasteiger partial charge is 0.356 e. The standard InChI is InChI=1S/C27H32N4O2/c1-30-24-10-5-4-9-23(24)29-25(30)11-6-16-28-26(32)20-14-12-19(13-15-20)17-31-18-21-7-2-3-8-22(21)27(31)33/h2-5,7-10,19-20H,6,11-18H2,1H3,(H,28,32). The van der Waals surface area contributed by atoms with E-state index in [1.807, 2.05) is 47.4 Å². The predicted molar refractivity (Wildman–Crippen MR) is 129 cm³/mol. The Morgan fingerprint density at radius 2 is 1.82 bits per heavy atom. The Morgan fingerprint density at radius 3 is 2.61 bits per heavy atom. The molecule has 1 N–H and O–H groups in total. The second-order valence-corrected chi connectivity index (χ2v) is 9.53. The van der Waals surface area contributed by atoms with E-state index in [9.17, 15) is 9.59 Å². The zero-order valence-electron chi connectivity index (χ0n) is 19.3. The van der Waals surface area contributed by atoms with Gasteiger partial charge in [-0.2, -0.15) is 0 Å². The Labute approximate surface area is 195 Å². The van der Waals surface area contributed by atoms with Gasteiger partial charge in [-0.15, -0.1) is 0 Å². The van der Waals surface area contributed by atoms with Crippen LogP contribution in [0, 0.1) is 11.8 Å². The summed E-state index contributed by atoms with van der Waals surface area (Å²) in [5.41, 5.74) is 4.15. The van der Waals surface area contributed by atoms with Crippen LogP contribution in [0.3, 0.4) is 0 Å². The third-order valence-electron chi connectivity index (χ3n) is 7.35. The number of para-hydroxylation sites is 2. The molecule has 0 saturated heterocycles. The lowest BCUT2D eigenvalue weighted by Crippen LogP contribution is -2.36. The first-order chi connectivity index (χ1) is 16.1. The molecule has 3 aromatic rings. The number of hydrogen-bond acceptors (Lipinski definition) is 3. The molecular formula is C27H32N4O2. The summed E-state index contributed by atoms with van der Waals surface area (Å²) < 4.78 is 2.14. The number of hydrogen-bond donors (Lipinski definition) is 1. The molecule has 2 aromatic carbocycles. The monoisotopic (exact) mass is 444 g/mol. The van der Waals surface area contributed by atoms with Gasteiger partial charge in [0.15, 0.2) is 0 Å². The molecule has 0 atom stereocenters. The Kier molecular flexibility index (Phi) is 6.16. The zero-order valence-corrected chi connectivity index (χ0v) is 19.3. The predicted octanol–water partition coefficient (Wildman–Crippen LogP) is 4.08. The van der Waals surface area contributed by atoms with E-state index < -0.39 is 0 Å². The molecule has 2 heterocycles. The van der Waals surface area contributed by atoms with E-state index in [0.29, 0.717) is 12.5 Å². The van der Waals surface area contributed by atoms with Gasteiger partial charge in [0.25, 0.3) is 5.91 Å². The Hall–Kier alpha value is -3.15. The number of carbonyl (C=O) groups is 2. The van der Waals surface area contributed by atoms with Gasteiger partial charge in [-0.25, -0.2) is 4.98 Å². The van der Waals surface area contributed by atoms with E-state index in [-0.39, 0.29) is 17.7 Å². The lowest BCUT2D eigenvalue weighted by molar-refractivity contribution is -0.126. The summed E-state index contributed by atoms with van der Waals surface area (Å²) in [6, 6.07) is 16.1. The van der Waals surface area contributed by atoms with Crippen LogP contribution in [0.1, 0.15) is 53.8 Å². The van der Waals surface area contributed by atoms with Gasteiger partial charge < -0.3 is 14.8 Å². The molecule has 1 saturated carbocycles. The molecule has 6 heteroatoms. The van der Waals surface area contributed by atoms with Crippen LogP contribution < -0.4 is 5.32 Å². The van der Waals surface area contributed by atoms with Crippen molar-refractivity contribution in [1.29, 1.82) is 0 Å². The van der Waals surface area contributed by atoms with Crippen LogP contribution >= 0.6 is 0 Å². The quantitative estimate of drug-likeness (QED) is 0.558. The highest BCUT2D eigenvalue weighted by Gasteiger charge is 2.31. The Morgan fingerprint density at radius 1 is 1.06 bits per heavy atom. The second kappa shape index (κ2) is 9.38. The highest BCUT2D eigenvalue weighted by Crippen LogP contribution is 2.32. The van der Waals surface area contributed by atoms with Crippen molar-refractivity contribution < 1.29 is 9.59 Å². The highest BCUT2D eigenvalue weighted by atomic mass is 16.2. The van der Waals surface area contributed by atoms with E-state index in [0.717, 1.165) is 79.6 Å². The molecule has 5 rings (SSSR count). The van der Waals surface area contributed by atoms with Crippen molar-refractivity contribution in [3.05, 3.63) is 65.5 Å². The van der Waals surface area contributed by atoms with Crippen molar-refractivity contribution in [2.75, 3.05) is 13.1 Å². The van der Waals surface area contributed by atoms with Crippen LogP contribution in [0.4, 0.5) is 0 Å². The van der Waals surface area contributed by atoms with Gasteiger partial charge in [-0.1, -0.05) is 30.3 Å². The first-order valence-electron chi connectivity index (χ1n) is 12.2. The summed E-state index contributed by atoms with van der Waals surface area (Å²) in [4.78, 5) is 32.0. The number of aromatic nitrogens is 2. The maximum atomic E-state index is 12.7. The number of nitrogens with one attached hydrogen (secondary N) is 1. The lowest BCUT2D eigenvalue weighted by Gasteiger charge is -2.30. The molecule has 0 radical (unpaired) electrons. The number of rotatable bonds is 7. The van der Waals surface area contributed by atoms with Crippen molar-refractivity contribution in [1.82, 2.24) is 19.8 Å². The summed E-state index contributed by atoms with van der Waals surface area (Å²) in [5, 5.41) is 3.14. The lowest BCUT2D eigenvalue weighted by atomic mass is 9.81.